The van der Waals surface area contributed by atoms with Crippen molar-refractivity contribution in [2.45, 2.75) is 6.10 Å². The Kier molecular flexibility index (Phi) is 5.39. The molecular formula is C22H21N3O4. The fraction of sp³-hybridized carbons (Fsp3) is 0.227. The van der Waals surface area contributed by atoms with Crippen molar-refractivity contribution in [1.29, 1.82) is 0 Å². The molecule has 0 spiro atoms. The SMILES string of the molecule is COc1ccc(-c2cc(C(=O)N3CCOC(c4ccccc4)C3)[nH]c(=O)n2)cc1. The molecule has 1 fully saturated rings. The third kappa shape index (κ3) is 4.20. The number of benzene rings is 2. The van der Waals surface area contributed by atoms with E-state index in [1.165, 1.54) is 0 Å². The summed E-state index contributed by atoms with van der Waals surface area (Å²) in [7, 11) is 1.59. The average molecular weight is 391 g/mol. The molecule has 148 valence electrons. The fourth-order valence-corrected chi connectivity index (χ4v) is 3.36. The van der Waals surface area contributed by atoms with Crippen LogP contribution < -0.4 is 10.4 Å². The molecular weight excluding hydrogens is 370 g/mol. The van der Waals surface area contributed by atoms with E-state index in [0.29, 0.717) is 31.1 Å². The van der Waals surface area contributed by atoms with Crippen molar-refractivity contribution in [1.82, 2.24) is 14.9 Å². The molecule has 1 N–H and O–H groups in total. The van der Waals surface area contributed by atoms with Crippen LogP contribution in [0.5, 0.6) is 5.75 Å². The molecule has 7 nitrogen and oxygen atoms in total. The summed E-state index contributed by atoms with van der Waals surface area (Å²) in [6, 6.07) is 18.6. The summed E-state index contributed by atoms with van der Waals surface area (Å²) < 4.78 is 11.0. The van der Waals surface area contributed by atoms with Crippen LogP contribution in [0.3, 0.4) is 0 Å². The highest BCUT2D eigenvalue weighted by atomic mass is 16.5. The van der Waals surface area contributed by atoms with Crippen LogP contribution in [0, 0.1) is 0 Å². The number of rotatable bonds is 4. The maximum atomic E-state index is 13.1. The molecule has 29 heavy (non-hydrogen) atoms. The minimum Gasteiger partial charge on any atom is -0.497 e. The Hall–Kier alpha value is -3.45. The third-order valence-electron chi connectivity index (χ3n) is 4.89. The number of aromatic amines is 1. The zero-order valence-electron chi connectivity index (χ0n) is 16.0. The lowest BCUT2D eigenvalue weighted by molar-refractivity contribution is -0.0230. The van der Waals surface area contributed by atoms with Gasteiger partial charge in [0.2, 0.25) is 0 Å². The smallest absolute Gasteiger partial charge is 0.346 e. The zero-order valence-corrected chi connectivity index (χ0v) is 16.0. The largest absolute Gasteiger partial charge is 0.497 e. The summed E-state index contributed by atoms with van der Waals surface area (Å²) in [4.78, 5) is 33.4. The van der Waals surface area contributed by atoms with E-state index in [0.717, 1.165) is 11.1 Å². The predicted octanol–water partition coefficient (Wildman–Crippen LogP) is 2.66. The molecule has 1 aliphatic heterocycles. The van der Waals surface area contributed by atoms with Gasteiger partial charge in [0.15, 0.2) is 0 Å². The summed E-state index contributed by atoms with van der Waals surface area (Å²) in [6.45, 7) is 1.32. The minimum atomic E-state index is -0.561. The van der Waals surface area contributed by atoms with Gasteiger partial charge in [-0.2, -0.15) is 4.98 Å². The number of morpholine rings is 1. The normalized spacial score (nSPS) is 16.4. The molecule has 0 bridgehead atoms. The van der Waals surface area contributed by atoms with E-state index >= 15 is 0 Å². The van der Waals surface area contributed by atoms with Crippen LogP contribution in [-0.2, 0) is 4.74 Å². The maximum absolute atomic E-state index is 13.1. The third-order valence-corrected chi connectivity index (χ3v) is 4.89. The number of carbonyl (C=O) groups excluding carboxylic acids is 1. The molecule has 1 aliphatic rings. The van der Waals surface area contributed by atoms with Gasteiger partial charge in [0.1, 0.15) is 17.5 Å². The number of methoxy groups -OCH3 is 1. The molecule has 2 aromatic carbocycles. The number of H-pyrrole nitrogens is 1. The molecule has 7 heteroatoms. The number of hydrogen-bond donors (Lipinski definition) is 1. The summed E-state index contributed by atoms with van der Waals surface area (Å²) in [5, 5.41) is 0. The molecule has 4 rings (SSSR count). The van der Waals surface area contributed by atoms with Gasteiger partial charge in [0.05, 0.1) is 26.0 Å². The van der Waals surface area contributed by atoms with E-state index in [1.807, 2.05) is 30.3 Å². The maximum Gasteiger partial charge on any atom is 0.346 e. The Morgan fingerprint density at radius 3 is 2.66 bits per heavy atom. The lowest BCUT2D eigenvalue weighted by Crippen LogP contribution is -2.43. The number of aromatic nitrogens is 2. The van der Waals surface area contributed by atoms with Crippen molar-refractivity contribution in [3.63, 3.8) is 0 Å². The summed E-state index contributed by atoms with van der Waals surface area (Å²) in [6.07, 6.45) is -0.191. The zero-order chi connectivity index (χ0) is 20.2. The first-order valence-corrected chi connectivity index (χ1v) is 9.35. The van der Waals surface area contributed by atoms with Crippen LogP contribution in [0.1, 0.15) is 22.2 Å². The monoisotopic (exact) mass is 391 g/mol. The van der Waals surface area contributed by atoms with E-state index < -0.39 is 5.69 Å². The summed E-state index contributed by atoms with van der Waals surface area (Å²) in [5.41, 5.74) is 1.84. The lowest BCUT2D eigenvalue weighted by Gasteiger charge is -2.33. The first kappa shape index (κ1) is 18.9. The first-order valence-electron chi connectivity index (χ1n) is 9.35. The molecule has 0 radical (unpaired) electrons. The van der Waals surface area contributed by atoms with Crippen molar-refractivity contribution >= 4 is 5.91 Å². The van der Waals surface area contributed by atoms with Crippen LogP contribution in [0.4, 0.5) is 0 Å². The summed E-state index contributed by atoms with van der Waals surface area (Å²) in [5.74, 6) is 0.457. The Balaban J connectivity index is 1.58. The molecule has 1 saturated heterocycles. The van der Waals surface area contributed by atoms with Crippen molar-refractivity contribution in [3.8, 4) is 17.0 Å². The number of ether oxygens (including phenoxy) is 2. The van der Waals surface area contributed by atoms with Crippen LogP contribution in [-0.4, -0.2) is 47.6 Å². The van der Waals surface area contributed by atoms with Gasteiger partial charge in [-0.3, -0.25) is 4.79 Å². The van der Waals surface area contributed by atoms with Gasteiger partial charge in [-0.05, 0) is 35.9 Å². The molecule has 1 unspecified atom stereocenters. The fourth-order valence-electron chi connectivity index (χ4n) is 3.36. The van der Waals surface area contributed by atoms with E-state index in [-0.39, 0.29) is 17.7 Å². The van der Waals surface area contributed by atoms with Crippen molar-refractivity contribution < 1.29 is 14.3 Å². The van der Waals surface area contributed by atoms with Crippen LogP contribution in [0.2, 0.25) is 0 Å². The van der Waals surface area contributed by atoms with E-state index in [2.05, 4.69) is 9.97 Å². The van der Waals surface area contributed by atoms with E-state index in [9.17, 15) is 9.59 Å². The topological polar surface area (TPSA) is 84.5 Å². The Bertz CT molecular complexity index is 1050. The number of amides is 1. The highest BCUT2D eigenvalue weighted by molar-refractivity contribution is 5.93. The van der Waals surface area contributed by atoms with Crippen LogP contribution >= 0.6 is 0 Å². The second-order valence-corrected chi connectivity index (χ2v) is 6.73. The Morgan fingerprint density at radius 2 is 1.93 bits per heavy atom. The molecule has 1 aromatic heterocycles. The van der Waals surface area contributed by atoms with Gasteiger partial charge in [0, 0.05) is 12.1 Å². The van der Waals surface area contributed by atoms with Gasteiger partial charge in [-0.15, -0.1) is 0 Å². The number of hydrogen-bond acceptors (Lipinski definition) is 5. The second kappa shape index (κ2) is 8.28. The number of nitrogens with zero attached hydrogens (tertiary/aromatic N) is 2. The average Bonchev–Trinajstić information content (AvgIpc) is 2.79. The van der Waals surface area contributed by atoms with E-state index in [4.69, 9.17) is 9.47 Å². The first-order chi connectivity index (χ1) is 14.1. The van der Waals surface area contributed by atoms with Gasteiger partial charge in [0.25, 0.3) is 5.91 Å². The van der Waals surface area contributed by atoms with Gasteiger partial charge in [-0.25, -0.2) is 4.79 Å². The lowest BCUT2D eigenvalue weighted by atomic mass is 10.1. The Labute approximate surface area is 167 Å². The molecule has 1 amide bonds. The van der Waals surface area contributed by atoms with Crippen LogP contribution in [0.15, 0.2) is 65.5 Å². The van der Waals surface area contributed by atoms with Gasteiger partial charge < -0.3 is 19.4 Å². The van der Waals surface area contributed by atoms with Crippen molar-refractivity contribution in [2.75, 3.05) is 26.8 Å². The highest BCUT2D eigenvalue weighted by Crippen LogP contribution is 2.24. The molecule has 2 heterocycles. The quantitative estimate of drug-likeness (QED) is 0.739. The standard InChI is InChI=1S/C22H21N3O4/c1-28-17-9-7-15(8-10-17)18-13-19(24-22(27)23-18)21(26)25-11-12-29-20(14-25)16-5-3-2-4-6-16/h2-10,13,20H,11-12,14H2,1H3,(H,23,24,27). The predicted molar refractivity (Wildman–Crippen MR) is 108 cm³/mol. The molecule has 0 saturated carbocycles. The number of carbonyl (C=O) groups is 1. The molecule has 3 aromatic rings. The minimum absolute atomic E-state index is 0.191. The van der Waals surface area contributed by atoms with Crippen molar-refractivity contribution in [2.24, 2.45) is 0 Å². The second-order valence-electron chi connectivity index (χ2n) is 6.73. The number of nitrogens with one attached hydrogen (secondary N) is 1. The molecule has 0 aliphatic carbocycles. The van der Waals surface area contributed by atoms with Gasteiger partial charge in [-0.1, -0.05) is 30.3 Å². The van der Waals surface area contributed by atoms with Crippen molar-refractivity contribution in [3.05, 3.63) is 82.4 Å². The van der Waals surface area contributed by atoms with Crippen LogP contribution in [0.25, 0.3) is 11.3 Å². The van der Waals surface area contributed by atoms with Gasteiger partial charge >= 0.3 is 5.69 Å². The highest BCUT2D eigenvalue weighted by Gasteiger charge is 2.27. The Morgan fingerprint density at radius 1 is 1.17 bits per heavy atom. The van der Waals surface area contributed by atoms with E-state index in [1.54, 1.807) is 42.3 Å². The molecule has 1 atom stereocenters. The summed E-state index contributed by atoms with van der Waals surface area (Å²) >= 11 is 0.